The lowest BCUT2D eigenvalue weighted by Gasteiger charge is -2.23. The predicted octanol–water partition coefficient (Wildman–Crippen LogP) is 1.82. The highest BCUT2D eigenvalue weighted by atomic mass is 16.4. The van der Waals surface area contributed by atoms with Crippen LogP contribution in [-0.2, 0) is 4.79 Å². The van der Waals surface area contributed by atoms with Gasteiger partial charge in [0, 0.05) is 0 Å². The lowest BCUT2D eigenvalue weighted by molar-refractivity contribution is -0.145. The van der Waals surface area contributed by atoms with Gasteiger partial charge in [-0.25, -0.2) is 0 Å². The zero-order valence-electron chi connectivity index (χ0n) is 6.13. The van der Waals surface area contributed by atoms with Gasteiger partial charge in [0.05, 0.1) is 5.41 Å². The zero-order valence-corrected chi connectivity index (χ0v) is 6.13. The summed E-state index contributed by atoms with van der Waals surface area (Å²) in [6.07, 6.45) is 6.57. The number of carboxylic acids is 1. The van der Waals surface area contributed by atoms with Crippen molar-refractivity contribution in [3.05, 3.63) is 12.2 Å². The van der Waals surface area contributed by atoms with Crippen LogP contribution < -0.4 is 0 Å². The number of hydrogen-bond acceptors (Lipinski definition) is 1. The van der Waals surface area contributed by atoms with Crippen molar-refractivity contribution in [2.75, 3.05) is 0 Å². The van der Waals surface area contributed by atoms with E-state index in [2.05, 4.69) is 0 Å². The molecular formula is C8H12O2. The van der Waals surface area contributed by atoms with Crippen LogP contribution in [0.2, 0.25) is 0 Å². The smallest absolute Gasteiger partial charge is 0.313 e. The Morgan fingerprint density at radius 3 is 2.70 bits per heavy atom. The Labute approximate surface area is 60.6 Å². The molecular weight excluding hydrogens is 128 g/mol. The minimum absolute atomic E-state index is 0.585. The third kappa shape index (κ3) is 1.20. The van der Waals surface area contributed by atoms with Crippen molar-refractivity contribution in [2.45, 2.75) is 26.2 Å². The lowest BCUT2D eigenvalue weighted by Crippen LogP contribution is -2.26. The summed E-state index contributed by atoms with van der Waals surface area (Å²) in [5, 5.41) is 8.75. The SMILES string of the molecule is C[C@]1(C(=O)O)C=CCCC1. The second kappa shape index (κ2) is 2.45. The average molecular weight is 140 g/mol. The minimum atomic E-state index is -0.705. The largest absolute Gasteiger partial charge is 0.481 e. The van der Waals surface area contributed by atoms with E-state index < -0.39 is 11.4 Å². The summed E-state index contributed by atoms with van der Waals surface area (Å²) in [6.45, 7) is 1.77. The zero-order chi connectivity index (χ0) is 7.61. The van der Waals surface area contributed by atoms with E-state index in [9.17, 15) is 4.79 Å². The van der Waals surface area contributed by atoms with Crippen LogP contribution in [0.1, 0.15) is 26.2 Å². The summed E-state index contributed by atoms with van der Waals surface area (Å²) in [5.41, 5.74) is -0.585. The molecule has 0 spiro atoms. The average Bonchev–Trinajstić information content (AvgIpc) is 1.89. The van der Waals surface area contributed by atoms with Gasteiger partial charge in [-0.15, -0.1) is 0 Å². The number of carboxylic acid groups (broad SMARTS) is 1. The maximum atomic E-state index is 10.6. The number of rotatable bonds is 1. The molecule has 0 saturated heterocycles. The molecule has 0 amide bonds. The summed E-state index contributed by atoms with van der Waals surface area (Å²) in [7, 11) is 0. The quantitative estimate of drug-likeness (QED) is 0.564. The van der Waals surface area contributed by atoms with Gasteiger partial charge in [-0.3, -0.25) is 4.79 Å². The first-order valence-electron chi connectivity index (χ1n) is 3.56. The Morgan fingerprint density at radius 1 is 1.70 bits per heavy atom. The molecule has 0 unspecified atom stereocenters. The number of allylic oxidation sites excluding steroid dienone is 1. The highest BCUT2D eigenvalue weighted by Gasteiger charge is 2.30. The topological polar surface area (TPSA) is 37.3 Å². The first-order valence-corrected chi connectivity index (χ1v) is 3.56. The Morgan fingerprint density at radius 2 is 2.40 bits per heavy atom. The van der Waals surface area contributed by atoms with Crippen LogP contribution >= 0.6 is 0 Å². The normalized spacial score (nSPS) is 32.1. The van der Waals surface area contributed by atoms with Gasteiger partial charge >= 0.3 is 5.97 Å². The Hall–Kier alpha value is -0.790. The first kappa shape index (κ1) is 7.32. The number of carbonyl (C=O) groups is 1. The lowest BCUT2D eigenvalue weighted by atomic mass is 9.81. The van der Waals surface area contributed by atoms with Gasteiger partial charge in [-0.2, -0.15) is 0 Å². The highest BCUT2D eigenvalue weighted by Crippen LogP contribution is 2.30. The van der Waals surface area contributed by atoms with Crippen molar-refractivity contribution < 1.29 is 9.90 Å². The number of aliphatic carboxylic acids is 1. The molecule has 1 aliphatic rings. The molecule has 0 saturated carbocycles. The molecule has 2 heteroatoms. The van der Waals surface area contributed by atoms with Gasteiger partial charge in [-0.05, 0) is 26.2 Å². The summed E-state index contributed by atoms with van der Waals surface area (Å²) in [5.74, 6) is -0.705. The second-order valence-corrected chi connectivity index (χ2v) is 3.02. The van der Waals surface area contributed by atoms with Crippen LogP contribution in [0.4, 0.5) is 0 Å². The highest BCUT2D eigenvalue weighted by molar-refractivity contribution is 5.76. The standard InChI is InChI=1S/C8H12O2/c1-8(7(9)10)5-3-2-4-6-8/h3,5H,2,4,6H2,1H3,(H,9,10)/t8-/m0/s1. The first-order chi connectivity index (χ1) is 4.65. The van der Waals surface area contributed by atoms with Gasteiger partial charge in [0.15, 0.2) is 0 Å². The Kier molecular flexibility index (Phi) is 1.79. The van der Waals surface area contributed by atoms with E-state index in [0.717, 1.165) is 19.3 Å². The summed E-state index contributed by atoms with van der Waals surface area (Å²) >= 11 is 0. The van der Waals surface area contributed by atoms with Crippen molar-refractivity contribution in [3.63, 3.8) is 0 Å². The third-order valence-electron chi connectivity index (χ3n) is 2.04. The molecule has 1 N–H and O–H groups in total. The molecule has 0 fully saturated rings. The van der Waals surface area contributed by atoms with E-state index in [0.29, 0.717) is 0 Å². The van der Waals surface area contributed by atoms with Crippen LogP contribution in [0, 0.1) is 5.41 Å². The summed E-state index contributed by atoms with van der Waals surface area (Å²) in [4.78, 5) is 10.6. The maximum Gasteiger partial charge on any atom is 0.313 e. The molecule has 1 aliphatic carbocycles. The van der Waals surface area contributed by atoms with Crippen molar-refractivity contribution in [3.8, 4) is 0 Å². The molecule has 0 aliphatic heterocycles. The van der Waals surface area contributed by atoms with E-state index in [-0.39, 0.29) is 0 Å². The van der Waals surface area contributed by atoms with Crippen LogP contribution in [0.5, 0.6) is 0 Å². The van der Waals surface area contributed by atoms with Crippen molar-refractivity contribution in [2.24, 2.45) is 5.41 Å². The van der Waals surface area contributed by atoms with Gasteiger partial charge < -0.3 is 5.11 Å². The number of hydrogen-bond donors (Lipinski definition) is 1. The predicted molar refractivity (Wildman–Crippen MR) is 38.7 cm³/mol. The molecule has 56 valence electrons. The molecule has 0 aromatic heterocycles. The van der Waals surface area contributed by atoms with E-state index in [4.69, 9.17) is 5.11 Å². The fraction of sp³-hybridized carbons (Fsp3) is 0.625. The molecule has 2 nitrogen and oxygen atoms in total. The Balaban J connectivity index is 2.75. The fourth-order valence-corrected chi connectivity index (χ4v) is 1.19. The molecule has 1 rings (SSSR count). The molecule has 0 radical (unpaired) electrons. The van der Waals surface area contributed by atoms with Crippen LogP contribution in [0.3, 0.4) is 0 Å². The van der Waals surface area contributed by atoms with Gasteiger partial charge in [0.2, 0.25) is 0 Å². The molecule has 0 heterocycles. The molecule has 0 bridgehead atoms. The van der Waals surface area contributed by atoms with E-state index in [1.165, 1.54) is 0 Å². The summed E-state index contributed by atoms with van der Waals surface area (Å²) in [6, 6.07) is 0. The molecule has 0 aromatic carbocycles. The minimum Gasteiger partial charge on any atom is -0.481 e. The van der Waals surface area contributed by atoms with E-state index in [1.807, 2.05) is 6.08 Å². The fourth-order valence-electron chi connectivity index (χ4n) is 1.19. The Bertz CT molecular complexity index is 172. The van der Waals surface area contributed by atoms with Crippen molar-refractivity contribution in [1.82, 2.24) is 0 Å². The van der Waals surface area contributed by atoms with Crippen molar-refractivity contribution in [1.29, 1.82) is 0 Å². The second-order valence-electron chi connectivity index (χ2n) is 3.02. The van der Waals surface area contributed by atoms with Gasteiger partial charge in [0.1, 0.15) is 0 Å². The molecule has 1 atom stereocenters. The van der Waals surface area contributed by atoms with Crippen molar-refractivity contribution >= 4 is 5.97 Å². The molecule has 0 aromatic rings. The van der Waals surface area contributed by atoms with Crippen LogP contribution in [0.25, 0.3) is 0 Å². The van der Waals surface area contributed by atoms with Gasteiger partial charge in [-0.1, -0.05) is 12.2 Å². The van der Waals surface area contributed by atoms with E-state index >= 15 is 0 Å². The van der Waals surface area contributed by atoms with E-state index in [1.54, 1.807) is 13.0 Å². The third-order valence-corrected chi connectivity index (χ3v) is 2.04. The maximum absolute atomic E-state index is 10.6. The summed E-state index contributed by atoms with van der Waals surface area (Å²) < 4.78 is 0. The van der Waals surface area contributed by atoms with Crippen LogP contribution in [0.15, 0.2) is 12.2 Å². The van der Waals surface area contributed by atoms with Gasteiger partial charge in [0.25, 0.3) is 0 Å². The molecule has 10 heavy (non-hydrogen) atoms. The monoisotopic (exact) mass is 140 g/mol. The van der Waals surface area contributed by atoms with Crippen LogP contribution in [-0.4, -0.2) is 11.1 Å².